The van der Waals surface area contributed by atoms with Gasteiger partial charge in [-0.2, -0.15) is 0 Å². The van der Waals surface area contributed by atoms with Gasteiger partial charge in [0.15, 0.2) is 23.1 Å². The van der Waals surface area contributed by atoms with Gasteiger partial charge >= 0.3 is 0 Å². The molecule has 0 unspecified atom stereocenters. The minimum Gasteiger partial charge on any atom is -0.454 e. The number of rotatable bonds is 4. The maximum Gasteiger partial charge on any atom is 0.164 e. The van der Waals surface area contributed by atoms with Gasteiger partial charge in [0.05, 0.1) is 11.0 Å². The Hall–Kier alpha value is -6.63. The summed E-state index contributed by atoms with van der Waals surface area (Å²) in [5.41, 5.74) is 7.74. The first kappa shape index (κ1) is 28.2. The maximum absolute atomic E-state index is 6.85. The van der Waals surface area contributed by atoms with Gasteiger partial charge in [-0.1, -0.05) is 109 Å². The predicted octanol–water partition coefficient (Wildman–Crippen LogP) is 12.2. The molecule has 0 amide bonds. The van der Waals surface area contributed by atoms with Crippen molar-refractivity contribution in [3.05, 3.63) is 158 Å². The second-order valence-corrected chi connectivity index (χ2v) is 13.9. The Morgan fingerprint density at radius 1 is 0.471 bits per heavy atom. The Morgan fingerprint density at radius 2 is 1.14 bits per heavy atom. The fraction of sp³-hybridized carbons (Fsp3) is 0. The van der Waals surface area contributed by atoms with E-state index in [1.165, 1.54) is 25.6 Å². The second-order valence-electron chi connectivity index (χ2n) is 12.8. The Morgan fingerprint density at radius 3 is 2.00 bits per heavy atom. The van der Waals surface area contributed by atoms with Gasteiger partial charge in [-0.05, 0) is 48.5 Å². The van der Waals surface area contributed by atoms with Crippen LogP contribution in [-0.2, 0) is 0 Å². The maximum atomic E-state index is 6.85. The molecule has 0 spiro atoms. The third kappa shape index (κ3) is 4.30. The standard InChI is InChI=1S/C45H26N4OS/c1-3-12-27(13-4-1)43-46-44(48-45(47-43)35-18-11-21-39-40(35)34-17-8-10-20-38(34)51-39)28-22-23-31-33-25-24-32-30-16-7-9-19-36(30)49(29-14-5-2-6-15-29)41(32)42(33)50-37(31)26-28/h1-26H. The largest absolute Gasteiger partial charge is 0.454 e. The average Bonchev–Trinajstić information content (AvgIpc) is 3.88. The lowest BCUT2D eigenvalue weighted by molar-refractivity contribution is 0.671. The highest BCUT2D eigenvalue weighted by Crippen LogP contribution is 2.42. The number of para-hydroxylation sites is 2. The number of hydrogen-bond donors (Lipinski definition) is 0. The SMILES string of the molecule is c1ccc(-c2nc(-c3ccc4c(c3)oc3c4ccc4c5ccccc5n(-c5ccccc5)c43)nc(-c3cccc4sc5ccccc5c34)n2)cc1. The number of hydrogen-bond acceptors (Lipinski definition) is 5. The highest BCUT2D eigenvalue weighted by molar-refractivity contribution is 7.25. The van der Waals surface area contributed by atoms with E-state index in [0.29, 0.717) is 17.5 Å². The van der Waals surface area contributed by atoms with E-state index in [9.17, 15) is 0 Å². The van der Waals surface area contributed by atoms with Crippen LogP contribution in [-0.4, -0.2) is 19.5 Å². The van der Waals surface area contributed by atoms with Crippen LogP contribution in [0.5, 0.6) is 0 Å². The molecule has 5 nitrogen and oxygen atoms in total. The van der Waals surface area contributed by atoms with Crippen LogP contribution in [0.1, 0.15) is 0 Å². The summed E-state index contributed by atoms with van der Waals surface area (Å²) >= 11 is 1.79. The fourth-order valence-corrected chi connectivity index (χ4v) is 8.70. The van der Waals surface area contributed by atoms with Crippen LogP contribution in [0.4, 0.5) is 0 Å². The van der Waals surface area contributed by atoms with Crippen molar-refractivity contribution < 1.29 is 4.42 Å². The Balaban J connectivity index is 1.15. The zero-order valence-corrected chi connectivity index (χ0v) is 27.9. The van der Waals surface area contributed by atoms with Crippen molar-refractivity contribution in [2.24, 2.45) is 0 Å². The quantitative estimate of drug-likeness (QED) is 0.187. The summed E-state index contributed by atoms with van der Waals surface area (Å²) in [5, 5.41) is 6.85. The number of furan rings is 1. The first-order valence-electron chi connectivity index (χ1n) is 16.9. The molecule has 7 aromatic carbocycles. The summed E-state index contributed by atoms with van der Waals surface area (Å²) in [6, 6.07) is 54.8. The molecular formula is C45H26N4OS. The Labute approximate surface area is 295 Å². The van der Waals surface area contributed by atoms with E-state index in [1.54, 1.807) is 11.3 Å². The van der Waals surface area contributed by atoms with E-state index in [0.717, 1.165) is 60.7 Å². The molecule has 4 heterocycles. The van der Waals surface area contributed by atoms with Crippen molar-refractivity contribution in [1.82, 2.24) is 19.5 Å². The van der Waals surface area contributed by atoms with Gasteiger partial charge in [0.1, 0.15) is 5.58 Å². The van der Waals surface area contributed by atoms with Crippen molar-refractivity contribution >= 4 is 75.3 Å². The number of fused-ring (bicyclic) bond motifs is 10. The molecule has 11 aromatic rings. The van der Waals surface area contributed by atoms with Gasteiger partial charge in [0.2, 0.25) is 0 Å². The van der Waals surface area contributed by atoms with Crippen molar-refractivity contribution in [1.29, 1.82) is 0 Å². The summed E-state index contributed by atoms with van der Waals surface area (Å²) in [7, 11) is 0. The lowest BCUT2D eigenvalue weighted by atomic mass is 10.1. The monoisotopic (exact) mass is 670 g/mol. The molecular weight excluding hydrogens is 645 g/mol. The minimum absolute atomic E-state index is 0.598. The van der Waals surface area contributed by atoms with Crippen molar-refractivity contribution in [2.45, 2.75) is 0 Å². The van der Waals surface area contributed by atoms with Crippen LogP contribution in [0, 0.1) is 0 Å². The van der Waals surface area contributed by atoms with Gasteiger partial charge in [-0.3, -0.25) is 0 Å². The minimum atomic E-state index is 0.598. The third-order valence-corrected chi connectivity index (χ3v) is 11.0. The molecule has 0 bridgehead atoms. The zero-order valence-electron chi connectivity index (χ0n) is 27.1. The van der Waals surface area contributed by atoms with Crippen molar-refractivity contribution in [3.8, 4) is 39.9 Å². The number of benzene rings is 7. The molecule has 0 aliphatic carbocycles. The highest BCUT2D eigenvalue weighted by atomic mass is 32.1. The molecule has 0 saturated heterocycles. The Kier molecular flexibility index (Phi) is 6.05. The molecule has 0 aliphatic heterocycles. The molecule has 4 aromatic heterocycles. The highest BCUT2D eigenvalue weighted by Gasteiger charge is 2.21. The molecule has 6 heteroatoms. The van der Waals surface area contributed by atoms with Crippen LogP contribution in [0.25, 0.3) is 104 Å². The topological polar surface area (TPSA) is 56.7 Å². The molecule has 0 saturated carbocycles. The van der Waals surface area contributed by atoms with Gasteiger partial charge < -0.3 is 8.98 Å². The van der Waals surface area contributed by atoms with Crippen LogP contribution in [0.15, 0.2) is 162 Å². The summed E-state index contributed by atoms with van der Waals surface area (Å²) in [6.07, 6.45) is 0. The van der Waals surface area contributed by atoms with Gasteiger partial charge in [-0.25, -0.2) is 15.0 Å². The Bertz CT molecular complexity index is 3140. The summed E-state index contributed by atoms with van der Waals surface area (Å²) in [4.78, 5) is 15.3. The summed E-state index contributed by atoms with van der Waals surface area (Å²) in [5.74, 6) is 1.87. The molecule has 51 heavy (non-hydrogen) atoms. The van der Waals surface area contributed by atoms with Crippen molar-refractivity contribution in [3.63, 3.8) is 0 Å². The van der Waals surface area contributed by atoms with Crippen LogP contribution in [0.2, 0.25) is 0 Å². The van der Waals surface area contributed by atoms with E-state index < -0.39 is 0 Å². The summed E-state index contributed by atoms with van der Waals surface area (Å²) in [6.45, 7) is 0. The average molecular weight is 671 g/mol. The number of nitrogens with zero attached hydrogens (tertiary/aromatic N) is 4. The van der Waals surface area contributed by atoms with E-state index >= 15 is 0 Å². The number of aromatic nitrogens is 4. The molecule has 0 N–H and O–H groups in total. The molecule has 238 valence electrons. The van der Waals surface area contributed by atoms with Gasteiger partial charge in [0.25, 0.3) is 0 Å². The molecule has 11 rings (SSSR count). The van der Waals surface area contributed by atoms with Crippen LogP contribution < -0.4 is 0 Å². The van der Waals surface area contributed by atoms with E-state index in [-0.39, 0.29) is 0 Å². The molecule has 0 aliphatic rings. The summed E-state index contributed by atoms with van der Waals surface area (Å²) < 4.78 is 11.6. The van der Waals surface area contributed by atoms with E-state index in [4.69, 9.17) is 19.4 Å². The zero-order chi connectivity index (χ0) is 33.5. The van der Waals surface area contributed by atoms with E-state index in [2.05, 4.69) is 132 Å². The fourth-order valence-electron chi connectivity index (χ4n) is 7.57. The molecule has 0 fully saturated rings. The lowest BCUT2D eigenvalue weighted by Gasteiger charge is -2.09. The van der Waals surface area contributed by atoms with Gasteiger partial charge in [-0.15, -0.1) is 11.3 Å². The van der Waals surface area contributed by atoms with Crippen molar-refractivity contribution in [2.75, 3.05) is 0 Å². The normalized spacial score (nSPS) is 11.9. The third-order valence-electron chi connectivity index (χ3n) is 9.86. The van der Waals surface area contributed by atoms with Gasteiger partial charge in [0, 0.05) is 64.1 Å². The molecule has 0 atom stereocenters. The van der Waals surface area contributed by atoms with Crippen LogP contribution >= 0.6 is 11.3 Å². The predicted molar refractivity (Wildman–Crippen MR) is 211 cm³/mol. The van der Waals surface area contributed by atoms with E-state index in [1.807, 2.05) is 30.3 Å². The van der Waals surface area contributed by atoms with Crippen LogP contribution in [0.3, 0.4) is 0 Å². The second kappa shape index (κ2) is 10.9. The lowest BCUT2D eigenvalue weighted by Crippen LogP contribution is -2.00. The molecule has 0 radical (unpaired) electrons. The first-order valence-corrected chi connectivity index (χ1v) is 17.8. The number of thiophene rings is 1. The first-order chi connectivity index (χ1) is 25.3. The smallest absolute Gasteiger partial charge is 0.164 e.